The van der Waals surface area contributed by atoms with E-state index in [1.807, 2.05) is 0 Å². The van der Waals surface area contributed by atoms with Crippen LogP contribution in [0.1, 0.15) is 121 Å². The molecule has 1 spiro atoms. The first-order chi connectivity index (χ1) is 28.3. The maximum Gasteiger partial charge on any atom is 0.132 e. The van der Waals surface area contributed by atoms with E-state index in [1.165, 1.54) is 54.6 Å². The third-order valence-electron chi connectivity index (χ3n) is 16.1. The van der Waals surface area contributed by atoms with Crippen LogP contribution in [0, 0.1) is 29.6 Å². The van der Waals surface area contributed by atoms with E-state index in [-0.39, 0.29) is 11.5 Å². The van der Waals surface area contributed by atoms with Crippen LogP contribution in [0.5, 0.6) is 0 Å². The third-order valence-corrected chi connectivity index (χ3v) is 16.1. The van der Waals surface area contributed by atoms with Gasteiger partial charge >= 0.3 is 0 Å². The number of rotatable bonds is 5. The SMILES string of the molecule is C1=CCC2C(=C1)C1C=CC(c3ccccc3)CC1C21c2ccccc2C2C=CC(N(C3=CCC(C4=CCCC=C4)CC3)C3CC=Cc4oc5c(c43)C=CCC5)CC21. The predicted molar refractivity (Wildman–Crippen MR) is 233 cm³/mol. The zero-order chi connectivity index (χ0) is 37.5. The topological polar surface area (TPSA) is 16.4 Å². The third kappa shape index (κ3) is 5.21. The maximum absolute atomic E-state index is 6.70. The fourth-order valence-electron chi connectivity index (χ4n) is 14.0. The highest BCUT2D eigenvalue weighted by molar-refractivity contribution is 5.67. The van der Waals surface area contributed by atoms with Crippen molar-refractivity contribution in [3.05, 3.63) is 190 Å². The quantitative estimate of drug-likeness (QED) is 0.242. The molecule has 1 aromatic heterocycles. The van der Waals surface area contributed by atoms with Gasteiger partial charge in [0.1, 0.15) is 11.5 Å². The maximum atomic E-state index is 6.70. The molecule has 1 heterocycles. The molecule has 12 rings (SSSR count). The molecule has 1 saturated carbocycles. The van der Waals surface area contributed by atoms with Gasteiger partial charge in [-0.05, 0) is 116 Å². The molecule has 2 nitrogen and oxygen atoms in total. The van der Waals surface area contributed by atoms with Gasteiger partial charge in [0.25, 0.3) is 0 Å². The van der Waals surface area contributed by atoms with Crippen molar-refractivity contribution < 1.29 is 4.42 Å². The zero-order valence-electron chi connectivity index (χ0n) is 33.2. The largest absolute Gasteiger partial charge is 0.461 e. The summed E-state index contributed by atoms with van der Waals surface area (Å²) in [6, 6.07) is 21.7. The molecule has 0 bridgehead atoms. The number of hydrogen-bond donors (Lipinski definition) is 0. The van der Waals surface area contributed by atoms with Gasteiger partial charge in [0.2, 0.25) is 0 Å². The molecule has 2 aromatic carbocycles. The lowest BCUT2D eigenvalue weighted by Crippen LogP contribution is -2.48. The Balaban J connectivity index is 0.981. The summed E-state index contributed by atoms with van der Waals surface area (Å²) in [4.78, 5) is 2.96. The van der Waals surface area contributed by atoms with Gasteiger partial charge < -0.3 is 9.32 Å². The Labute approximate surface area is 339 Å². The molecule has 0 amide bonds. The van der Waals surface area contributed by atoms with Gasteiger partial charge in [0.05, 0.1) is 6.04 Å². The number of hydrogen-bond acceptors (Lipinski definition) is 2. The Morgan fingerprint density at radius 3 is 2.47 bits per heavy atom. The van der Waals surface area contributed by atoms with Crippen molar-refractivity contribution in [3.63, 3.8) is 0 Å². The average molecular weight is 746 g/mol. The molecule has 0 aliphatic heterocycles. The van der Waals surface area contributed by atoms with Gasteiger partial charge in [-0.15, -0.1) is 0 Å². The van der Waals surface area contributed by atoms with E-state index in [4.69, 9.17) is 4.42 Å². The van der Waals surface area contributed by atoms with Gasteiger partial charge in [0, 0.05) is 52.5 Å². The number of benzene rings is 2. The summed E-state index contributed by atoms with van der Waals surface area (Å²) < 4.78 is 6.70. The van der Waals surface area contributed by atoms with E-state index in [9.17, 15) is 0 Å². The molecule has 10 atom stereocenters. The number of aryl methyl sites for hydroxylation is 1. The Bertz CT molecular complexity index is 2370. The van der Waals surface area contributed by atoms with Crippen LogP contribution in [0.4, 0.5) is 0 Å². The average Bonchev–Trinajstić information content (AvgIpc) is 3.91. The van der Waals surface area contributed by atoms with Gasteiger partial charge in [-0.3, -0.25) is 0 Å². The van der Waals surface area contributed by atoms with Crippen LogP contribution < -0.4 is 0 Å². The minimum atomic E-state index is 0.0932. The summed E-state index contributed by atoms with van der Waals surface area (Å²) in [5.41, 5.74) is 12.5. The second-order valence-corrected chi connectivity index (χ2v) is 18.6. The highest BCUT2D eigenvalue weighted by Gasteiger charge is 2.66. The van der Waals surface area contributed by atoms with Crippen molar-refractivity contribution in [1.29, 1.82) is 0 Å². The van der Waals surface area contributed by atoms with Crippen molar-refractivity contribution in [3.8, 4) is 0 Å². The van der Waals surface area contributed by atoms with Crippen LogP contribution in [0.3, 0.4) is 0 Å². The summed E-state index contributed by atoms with van der Waals surface area (Å²) in [6.07, 6.45) is 50.0. The lowest BCUT2D eigenvalue weighted by molar-refractivity contribution is 0.0886. The first-order valence-electron chi connectivity index (χ1n) is 22.5. The standard InChI is InChI=1S/C55H55NO/c1-3-14-36(15-4-1)38-26-29-40(30-27-38)56(51-23-13-25-53-54(51)46-20-9-12-24-52(46)57-53)41-31-33-45-43-19-8-11-22-48(43)55(50(45)35-41)47-21-10-7-18-42(47)44-32-28-39(34-49(44)55)37-16-5-2-6-17-37/h2-3,5-11,13-20,22,25,28-29,31-33,38-39,41,44-45,47,49-51H,1,4,12,21,23-24,26-27,30,34-35H2. The van der Waals surface area contributed by atoms with Crippen LogP contribution in [0.25, 0.3) is 12.2 Å². The molecule has 9 aliphatic carbocycles. The fourth-order valence-corrected chi connectivity index (χ4v) is 14.0. The second kappa shape index (κ2) is 13.6. The summed E-state index contributed by atoms with van der Waals surface area (Å²) in [7, 11) is 0. The highest BCUT2D eigenvalue weighted by Crippen LogP contribution is 2.72. The number of furan rings is 1. The van der Waals surface area contributed by atoms with Gasteiger partial charge in [-0.25, -0.2) is 0 Å². The molecular formula is C55H55NO. The summed E-state index contributed by atoms with van der Waals surface area (Å²) in [5, 5.41) is 0. The Morgan fingerprint density at radius 2 is 1.58 bits per heavy atom. The van der Waals surface area contributed by atoms with Gasteiger partial charge in [-0.1, -0.05) is 145 Å². The molecule has 0 N–H and O–H groups in total. The van der Waals surface area contributed by atoms with Crippen LogP contribution in [-0.4, -0.2) is 10.9 Å². The van der Waals surface area contributed by atoms with Crippen LogP contribution in [0.2, 0.25) is 0 Å². The van der Waals surface area contributed by atoms with E-state index < -0.39 is 0 Å². The number of fused-ring (bicyclic) bond motifs is 13. The molecule has 57 heavy (non-hydrogen) atoms. The number of nitrogens with zero attached hydrogens (tertiary/aromatic N) is 1. The lowest BCUT2D eigenvalue weighted by Gasteiger charge is -2.51. The Morgan fingerprint density at radius 1 is 0.702 bits per heavy atom. The van der Waals surface area contributed by atoms with Crippen LogP contribution in [-0.2, 0) is 11.8 Å². The fraction of sp³-hybridized carbons (Fsp3) is 0.382. The van der Waals surface area contributed by atoms with Crippen LogP contribution in [0.15, 0.2) is 155 Å². The first-order valence-corrected chi connectivity index (χ1v) is 22.5. The minimum absolute atomic E-state index is 0.0932. The lowest BCUT2D eigenvalue weighted by atomic mass is 9.55. The van der Waals surface area contributed by atoms with Crippen molar-refractivity contribution in [2.75, 3.05) is 0 Å². The molecule has 1 fully saturated rings. The molecule has 2 heteroatoms. The normalized spacial score (nSPS) is 35.1. The van der Waals surface area contributed by atoms with E-state index >= 15 is 0 Å². The van der Waals surface area contributed by atoms with Crippen LogP contribution >= 0.6 is 0 Å². The monoisotopic (exact) mass is 745 g/mol. The van der Waals surface area contributed by atoms with Gasteiger partial charge in [-0.2, -0.15) is 0 Å². The minimum Gasteiger partial charge on any atom is -0.461 e. The molecule has 10 unspecified atom stereocenters. The molecule has 0 saturated heterocycles. The molecule has 0 radical (unpaired) electrons. The van der Waals surface area contributed by atoms with E-state index in [0.29, 0.717) is 47.5 Å². The zero-order valence-corrected chi connectivity index (χ0v) is 33.2. The number of allylic oxidation sites excluding steroid dienone is 14. The highest BCUT2D eigenvalue weighted by atomic mass is 16.3. The van der Waals surface area contributed by atoms with E-state index in [0.717, 1.165) is 44.3 Å². The Kier molecular flexibility index (Phi) is 8.20. The van der Waals surface area contributed by atoms with Crippen molar-refractivity contribution in [2.45, 2.75) is 100.0 Å². The molecule has 9 aliphatic rings. The van der Waals surface area contributed by atoms with Gasteiger partial charge in [0.15, 0.2) is 0 Å². The second-order valence-electron chi connectivity index (χ2n) is 18.6. The van der Waals surface area contributed by atoms with Crippen molar-refractivity contribution in [1.82, 2.24) is 4.90 Å². The molecule has 3 aromatic rings. The first kappa shape index (κ1) is 34.2. The molecular weight excluding hydrogens is 691 g/mol. The summed E-state index contributed by atoms with van der Waals surface area (Å²) in [5.74, 6) is 5.99. The van der Waals surface area contributed by atoms with Crippen molar-refractivity contribution >= 4 is 12.2 Å². The molecule has 286 valence electrons. The summed E-state index contributed by atoms with van der Waals surface area (Å²) in [6.45, 7) is 0. The predicted octanol–water partition coefficient (Wildman–Crippen LogP) is 13.4. The van der Waals surface area contributed by atoms with E-state index in [1.54, 1.807) is 28.0 Å². The smallest absolute Gasteiger partial charge is 0.132 e. The van der Waals surface area contributed by atoms with E-state index in [2.05, 4.69) is 151 Å². The van der Waals surface area contributed by atoms with Crippen molar-refractivity contribution in [2.24, 2.45) is 29.6 Å². The Hall–Kier alpha value is -4.82. The summed E-state index contributed by atoms with van der Waals surface area (Å²) >= 11 is 0.